The van der Waals surface area contributed by atoms with Crippen LogP contribution in [-0.4, -0.2) is 6.61 Å². The van der Waals surface area contributed by atoms with Crippen LogP contribution in [0.15, 0.2) is 46.9 Å². The summed E-state index contributed by atoms with van der Waals surface area (Å²) in [5.74, 6) is 0.144. The van der Waals surface area contributed by atoms with Gasteiger partial charge in [-0.2, -0.15) is 8.78 Å². The molecule has 2 aromatic carbocycles. The molecule has 21 heavy (non-hydrogen) atoms. The van der Waals surface area contributed by atoms with E-state index < -0.39 is 6.61 Å². The van der Waals surface area contributed by atoms with E-state index in [1.807, 2.05) is 25.1 Å². The molecule has 1 N–H and O–H groups in total. The van der Waals surface area contributed by atoms with Crippen molar-refractivity contribution >= 4 is 33.2 Å². The van der Waals surface area contributed by atoms with Gasteiger partial charge >= 0.3 is 6.61 Å². The second-order valence-corrected chi connectivity index (χ2v) is 5.71. The SMILES string of the molecule is CC(Nc1ccc(Br)c(Cl)c1)c1cccc(OC(F)F)c1. The molecule has 1 atom stereocenters. The third-order valence-electron chi connectivity index (χ3n) is 2.89. The summed E-state index contributed by atoms with van der Waals surface area (Å²) >= 11 is 9.36. The molecular formula is C15H13BrClF2NO. The lowest BCUT2D eigenvalue weighted by atomic mass is 10.1. The highest BCUT2D eigenvalue weighted by molar-refractivity contribution is 9.10. The Morgan fingerprint density at radius 1 is 1.19 bits per heavy atom. The van der Waals surface area contributed by atoms with Gasteiger partial charge in [0.25, 0.3) is 0 Å². The van der Waals surface area contributed by atoms with Gasteiger partial charge in [0.1, 0.15) is 5.75 Å². The van der Waals surface area contributed by atoms with Gasteiger partial charge in [0.2, 0.25) is 0 Å². The smallest absolute Gasteiger partial charge is 0.387 e. The molecule has 0 saturated carbocycles. The van der Waals surface area contributed by atoms with Crippen LogP contribution in [0.3, 0.4) is 0 Å². The predicted octanol–water partition coefficient (Wildman–Crippen LogP) is 5.88. The first-order valence-corrected chi connectivity index (χ1v) is 7.39. The lowest BCUT2D eigenvalue weighted by Gasteiger charge is -2.17. The third kappa shape index (κ3) is 4.58. The largest absolute Gasteiger partial charge is 0.435 e. The Bertz CT molecular complexity index is 624. The highest BCUT2D eigenvalue weighted by atomic mass is 79.9. The van der Waals surface area contributed by atoms with Crippen molar-refractivity contribution < 1.29 is 13.5 Å². The van der Waals surface area contributed by atoms with Crippen LogP contribution in [0.5, 0.6) is 5.75 Å². The van der Waals surface area contributed by atoms with Gasteiger partial charge in [-0.3, -0.25) is 0 Å². The van der Waals surface area contributed by atoms with E-state index in [2.05, 4.69) is 26.0 Å². The second-order valence-electron chi connectivity index (χ2n) is 4.45. The van der Waals surface area contributed by atoms with Crippen LogP contribution in [0.4, 0.5) is 14.5 Å². The van der Waals surface area contributed by atoms with Crippen molar-refractivity contribution in [2.75, 3.05) is 5.32 Å². The zero-order valence-corrected chi connectivity index (χ0v) is 13.5. The van der Waals surface area contributed by atoms with Gasteiger partial charge in [-0.1, -0.05) is 23.7 Å². The summed E-state index contributed by atoms with van der Waals surface area (Å²) in [6, 6.07) is 12.0. The Morgan fingerprint density at radius 3 is 2.62 bits per heavy atom. The van der Waals surface area contributed by atoms with E-state index in [0.717, 1.165) is 15.7 Å². The summed E-state index contributed by atoms with van der Waals surface area (Å²) in [5, 5.41) is 3.86. The summed E-state index contributed by atoms with van der Waals surface area (Å²) in [4.78, 5) is 0. The Balaban J connectivity index is 2.12. The molecule has 2 rings (SSSR count). The van der Waals surface area contributed by atoms with Gasteiger partial charge in [-0.15, -0.1) is 0 Å². The van der Waals surface area contributed by atoms with Gasteiger partial charge < -0.3 is 10.1 Å². The number of ether oxygens (including phenoxy) is 1. The topological polar surface area (TPSA) is 21.3 Å². The first-order valence-electron chi connectivity index (χ1n) is 6.22. The van der Waals surface area contributed by atoms with Crippen molar-refractivity contribution in [2.45, 2.75) is 19.6 Å². The normalized spacial score (nSPS) is 12.3. The molecule has 0 radical (unpaired) electrons. The Labute approximate surface area is 135 Å². The summed E-state index contributed by atoms with van der Waals surface area (Å²) < 4.78 is 29.7. The zero-order chi connectivity index (χ0) is 15.4. The van der Waals surface area contributed by atoms with Gasteiger partial charge in [0, 0.05) is 16.2 Å². The maximum Gasteiger partial charge on any atom is 0.387 e. The maximum atomic E-state index is 12.2. The van der Waals surface area contributed by atoms with Crippen LogP contribution in [0.1, 0.15) is 18.5 Å². The molecule has 2 aromatic rings. The number of nitrogens with one attached hydrogen (secondary N) is 1. The molecule has 0 aliphatic carbocycles. The number of rotatable bonds is 5. The molecule has 0 fully saturated rings. The van der Waals surface area contributed by atoms with Crippen LogP contribution in [0.25, 0.3) is 0 Å². The fourth-order valence-electron chi connectivity index (χ4n) is 1.88. The number of hydrogen-bond acceptors (Lipinski definition) is 2. The molecule has 1 unspecified atom stereocenters. The second kappa shape index (κ2) is 7.09. The molecule has 0 heterocycles. The lowest BCUT2D eigenvalue weighted by Crippen LogP contribution is -2.08. The minimum Gasteiger partial charge on any atom is -0.435 e. The molecule has 0 aliphatic heterocycles. The number of halogens is 4. The third-order valence-corrected chi connectivity index (χ3v) is 4.12. The van der Waals surface area contributed by atoms with E-state index in [4.69, 9.17) is 11.6 Å². The standard InChI is InChI=1S/C15H13BrClF2NO/c1-9(20-11-5-6-13(16)14(17)8-11)10-3-2-4-12(7-10)21-15(18)19/h2-9,15,20H,1H3. The van der Waals surface area contributed by atoms with E-state index in [1.165, 1.54) is 6.07 Å². The summed E-state index contributed by atoms with van der Waals surface area (Å²) in [6.07, 6.45) is 0. The van der Waals surface area contributed by atoms with Crippen molar-refractivity contribution in [1.29, 1.82) is 0 Å². The van der Waals surface area contributed by atoms with Crippen molar-refractivity contribution in [2.24, 2.45) is 0 Å². The zero-order valence-electron chi connectivity index (χ0n) is 11.1. The molecule has 0 aliphatic rings. The van der Waals surface area contributed by atoms with E-state index in [-0.39, 0.29) is 11.8 Å². The average molecular weight is 377 g/mol. The van der Waals surface area contributed by atoms with Gasteiger partial charge in [0.05, 0.1) is 5.02 Å². The minimum absolute atomic E-state index is 0.0801. The van der Waals surface area contributed by atoms with E-state index in [1.54, 1.807) is 18.2 Å². The number of benzene rings is 2. The molecule has 0 spiro atoms. The lowest BCUT2D eigenvalue weighted by molar-refractivity contribution is -0.0498. The monoisotopic (exact) mass is 375 g/mol. The minimum atomic E-state index is -2.83. The highest BCUT2D eigenvalue weighted by Crippen LogP contribution is 2.28. The molecule has 0 amide bonds. The quantitative estimate of drug-likeness (QED) is 0.704. The first-order chi connectivity index (χ1) is 9.95. The van der Waals surface area contributed by atoms with Gasteiger partial charge in [0.15, 0.2) is 0 Å². The molecule has 2 nitrogen and oxygen atoms in total. The summed E-state index contributed by atoms with van der Waals surface area (Å²) in [5.41, 5.74) is 1.68. The Kier molecular flexibility index (Phi) is 5.42. The number of hydrogen-bond donors (Lipinski definition) is 1. The molecule has 0 bridgehead atoms. The fraction of sp³-hybridized carbons (Fsp3) is 0.200. The molecule has 0 aromatic heterocycles. The molecule has 6 heteroatoms. The van der Waals surface area contributed by atoms with E-state index in [0.29, 0.717) is 5.02 Å². The van der Waals surface area contributed by atoms with Crippen molar-refractivity contribution in [3.05, 3.63) is 57.5 Å². The van der Waals surface area contributed by atoms with Crippen LogP contribution >= 0.6 is 27.5 Å². The van der Waals surface area contributed by atoms with Crippen LogP contribution < -0.4 is 10.1 Å². The van der Waals surface area contributed by atoms with Crippen LogP contribution in [-0.2, 0) is 0 Å². The average Bonchev–Trinajstić information content (AvgIpc) is 2.42. The first kappa shape index (κ1) is 16.0. The highest BCUT2D eigenvalue weighted by Gasteiger charge is 2.10. The molecule has 112 valence electrons. The summed E-state index contributed by atoms with van der Waals surface area (Å²) in [7, 11) is 0. The number of anilines is 1. The van der Waals surface area contributed by atoms with Crippen molar-refractivity contribution in [3.63, 3.8) is 0 Å². The number of alkyl halides is 2. The van der Waals surface area contributed by atoms with Crippen molar-refractivity contribution in [1.82, 2.24) is 0 Å². The summed E-state index contributed by atoms with van der Waals surface area (Å²) in [6.45, 7) is -0.897. The predicted molar refractivity (Wildman–Crippen MR) is 84.3 cm³/mol. The van der Waals surface area contributed by atoms with Gasteiger partial charge in [-0.25, -0.2) is 0 Å². The fourth-order valence-corrected chi connectivity index (χ4v) is 2.31. The van der Waals surface area contributed by atoms with Gasteiger partial charge in [-0.05, 0) is 58.7 Å². The molecular weight excluding hydrogens is 364 g/mol. The Morgan fingerprint density at radius 2 is 1.95 bits per heavy atom. The van der Waals surface area contributed by atoms with Crippen LogP contribution in [0.2, 0.25) is 5.02 Å². The maximum absolute atomic E-state index is 12.2. The molecule has 0 saturated heterocycles. The Hall–Kier alpha value is -1.33. The van der Waals surface area contributed by atoms with Crippen LogP contribution in [0, 0.1) is 0 Å². The van der Waals surface area contributed by atoms with Crippen molar-refractivity contribution in [3.8, 4) is 5.75 Å². The van der Waals surface area contributed by atoms with E-state index in [9.17, 15) is 8.78 Å². The van der Waals surface area contributed by atoms with E-state index >= 15 is 0 Å².